The Kier molecular flexibility index (Phi) is 5.67. The minimum atomic E-state index is -1.17. The van der Waals surface area contributed by atoms with Crippen LogP contribution in [0.25, 0.3) is 0 Å². The summed E-state index contributed by atoms with van der Waals surface area (Å²) in [6, 6.07) is 1.84. The highest BCUT2D eigenvalue weighted by Crippen LogP contribution is 2.28. The van der Waals surface area contributed by atoms with Gasteiger partial charge >= 0.3 is 17.9 Å². The van der Waals surface area contributed by atoms with E-state index in [9.17, 15) is 14.4 Å². The monoisotopic (exact) mass is 299 g/mol. The van der Waals surface area contributed by atoms with Gasteiger partial charge in [-0.1, -0.05) is 0 Å². The number of rotatable bonds is 3. The summed E-state index contributed by atoms with van der Waals surface area (Å²) in [5.74, 6) is -1.93. The van der Waals surface area contributed by atoms with Gasteiger partial charge in [0.2, 0.25) is 0 Å². The first-order chi connectivity index (χ1) is 9.76. The number of nitrogens with zero attached hydrogens (tertiary/aromatic N) is 1. The first-order valence-electron chi connectivity index (χ1n) is 6.33. The summed E-state index contributed by atoms with van der Waals surface area (Å²) in [7, 11) is 0. The largest absolute Gasteiger partial charge is 0.456 e. The number of carbonyl (C=O) groups excluding carboxylic acids is 3. The molecule has 1 aliphatic heterocycles. The molecule has 0 saturated carbocycles. The van der Waals surface area contributed by atoms with Crippen molar-refractivity contribution in [1.29, 1.82) is 5.26 Å². The maximum absolute atomic E-state index is 11.2. The first-order valence-corrected chi connectivity index (χ1v) is 6.33. The van der Waals surface area contributed by atoms with Gasteiger partial charge in [0.05, 0.1) is 12.2 Å². The summed E-state index contributed by atoms with van der Waals surface area (Å²) >= 11 is 0. The molecule has 8 nitrogen and oxygen atoms in total. The van der Waals surface area contributed by atoms with Crippen LogP contribution in [0.15, 0.2) is 0 Å². The molecule has 1 fully saturated rings. The summed E-state index contributed by atoms with van der Waals surface area (Å²) in [6.45, 7) is 5.07. The normalized spacial score (nSPS) is 31.7. The zero-order valence-corrected chi connectivity index (χ0v) is 12.2. The molecule has 8 heteroatoms. The molecular formula is C13H17NO7. The molecule has 116 valence electrons. The number of ether oxygens (including phenoxy) is 4. The van der Waals surface area contributed by atoms with Gasteiger partial charge in [0.15, 0.2) is 24.4 Å². The lowest BCUT2D eigenvalue weighted by atomic mass is 9.95. The molecular weight excluding hydrogens is 282 g/mol. The predicted octanol–water partition coefficient (Wildman–Crippen LogP) is 0.0924. The topological polar surface area (TPSA) is 112 Å². The molecule has 0 spiro atoms. The van der Waals surface area contributed by atoms with E-state index in [0.717, 1.165) is 13.8 Å². The van der Waals surface area contributed by atoms with Crippen molar-refractivity contribution in [1.82, 2.24) is 0 Å². The highest BCUT2D eigenvalue weighted by molar-refractivity contribution is 5.68. The molecule has 5 atom stereocenters. The highest BCUT2D eigenvalue weighted by atomic mass is 16.6. The second-order valence-corrected chi connectivity index (χ2v) is 4.61. The van der Waals surface area contributed by atoms with E-state index in [1.165, 1.54) is 6.92 Å². The molecule has 1 heterocycles. The van der Waals surface area contributed by atoms with Gasteiger partial charge in [0.25, 0.3) is 0 Å². The Morgan fingerprint density at radius 1 is 0.905 bits per heavy atom. The third kappa shape index (κ3) is 4.43. The second-order valence-electron chi connectivity index (χ2n) is 4.61. The van der Waals surface area contributed by atoms with Gasteiger partial charge in [-0.3, -0.25) is 14.4 Å². The standard InChI is InChI=1S/C13H17NO7/c1-6-11(19-7(2)15)13(21-9(4)17)12(20-8(3)16)10(5-14)18-6/h6,10-13H,1-4H3/t6-,10-,11+,12+,13+/m0/s1. The highest BCUT2D eigenvalue weighted by Gasteiger charge is 2.50. The van der Waals surface area contributed by atoms with E-state index in [1.54, 1.807) is 6.92 Å². The van der Waals surface area contributed by atoms with Gasteiger partial charge in [-0.15, -0.1) is 0 Å². The number of nitriles is 1. The van der Waals surface area contributed by atoms with Crippen LogP contribution in [0.1, 0.15) is 27.7 Å². The van der Waals surface area contributed by atoms with E-state index in [-0.39, 0.29) is 0 Å². The number of hydrogen-bond acceptors (Lipinski definition) is 8. The van der Waals surface area contributed by atoms with Gasteiger partial charge < -0.3 is 18.9 Å². The summed E-state index contributed by atoms with van der Waals surface area (Å²) in [5.41, 5.74) is 0. The van der Waals surface area contributed by atoms with Crippen LogP contribution in [0.2, 0.25) is 0 Å². The van der Waals surface area contributed by atoms with Gasteiger partial charge in [-0.25, -0.2) is 0 Å². The summed E-state index contributed by atoms with van der Waals surface area (Å²) in [6.07, 6.45) is -5.07. The van der Waals surface area contributed by atoms with Gasteiger partial charge in [-0.2, -0.15) is 5.26 Å². The van der Waals surface area contributed by atoms with Crippen molar-refractivity contribution in [2.75, 3.05) is 0 Å². The molecule has 0 aromatic heterocycles. The minimum Gasteiger partial charge on any atom is -0.456 e. The molecule has 1 rings (SSSR count). The molecule has 0 aromatic rings. The van der Waals surface area contributed by atoms with Crippen molar-refractivity contribution in [3.8, 4) is 6.07 Å². The molecule has 21 heavy (non-hydrogen) atoms. The van der Waals surface area contributed by atoms with Crippen molar-refractivity contribution in [3.63, 3.8) is 0 Å². The van der Waals surface area contributed by atoms with Crippen LogP contribution in [0.3, 0.4) is 0 Å². The van der Waals surface area contributed by atoms with E-state index in [2.05, 4.69) is 0 Å². The van der Waals surface area contributed by atoms with E-state index in [0.29, 0.717) is 0 Å². The average molecular weight is 299 g/mol. The second kappa shape index (κ2) is 7.04. The Morgan fingerprint density at radius 3 is 1.76 bits per heavy atom. The van der Waals surface area contributed by atoms with Crippen LogP contribution >= 0.6 is 0 Å². The summed E-state index contributed by atoms with van der Waals surface area (Å²) in [4.78, 5) is 33.6. The minimum absolute atomic E-state index is 0.607. The van der Waals surface area contributed by atoms with Gasteiger partial charge in [0.1, 0.15) is 0 Å². The molecule has 0 aliphatic carbocycles. The molecule has 0 unspecified atom stereocenters. The van der Waals surface area contributed by atoms with Gasteiger partial charge in [0, 0.05) is 20.8 Å². The maximum atomic E-state index is 11.2. The lowest BCUT2D eigenvalue weighted by molar-refractivity contribution is -0.234. The van der Waals surface area contributed by atoms with E-state index >= 15 is 0 Å². The number of hydrogen-bond donors (Lipinski definition) is 0. The van der Waals surface area contributed by atoms with Crippen molar-refractivity contribution >= 4 is 17.9 Å². The van der Waals surface area contributed by atoms with E-state index in [4.69, 9.17) is 24.2 Å². The fraction of sp³-hybridized carbons (Fsp3) is 0.692. The summed E-state index contributed by atoms with van der Waals surface area (Å²) < 4.78 is 20.6. The van der Waals surface area contributed by atoms with Crippen LogP contribution in [0.4, 0.5) is 0 Å². The third-order valence-corrected chi connectivity index (χ3v) is 2.80. The third-order valence-electron chi connectivity index (χ3n) is 2.80. The van der Waals surface area contributed by atoms with Crippen LogP contribution in [-0.4, -0.2) is 48.4 Å². The average Bonchev–Trinajstić information content (AvgIpc) is 2.35. The van der Waals surface area contributed by atoms with Crippen LogP contribution < -0.4 is 0 Å². The van der Waals surface area contributed by atoms with Crippen molar-refractivity contribution < 1.29 is 33.3 Å². The Hall–Kier alpha value is -2.14. The molecule has 0 aromatic carbocycles. The number of carbonyl (C=O) groups is 3. The van der Waals surface area contributed by atoms with Crippen LogP contribution in [-0.2, 0) is 33.3 Å². The molecule has 0 N–H and O–H groups in total. The van der Waals surface area contributed by atoms with E-state index < -0.39 is 48.4 Å². The Labute approximate surface area is 121 Å². The van der Waals surface area contributed by atoms with Gasteiger partial charge in [-0.05, 0) is 6.92 Å². The summed E-state index contributed by atoms with van der Waals surface area (Å²) in [5, 5.41) is 9.10. The molecule has 1 aliphatic rings. The fourth-order valence-corrected chi connectivity index (χ4v) is 2.12. The zero-order chi connectivity index (χ0) is 16.2. The predicted molar refractivity (Wildman–Crippen MR) is 66.6 cm³/mol. The van der Waals surface area contributed by atoms with E-state index in [1.807, 2.05) is 6.07 Å². The van der Waals surface area contributed by atoms with Crippen molar-refractivity contribution in [3.05, 3.63) is 0 Å². The Balaban J connectivity index is 3.11. The molecule has 0 amide bonds. The van der Waals surface area contributed by atoms with Crippen molar-refractivity contribution in [2.45, 2.75) is 58.2 Å². The number of esters is 3. The van der Waals surface area contributed by atoms with Crippen LogP contribution in [0, 0.1) is 11.3 Å². The fourth-order valence-electron chi connectivity index (χ4n) is 2.12. The molecule has 1 saturated heterocycles. The van der Waals surface area contributed by atoms with Crippen molar-refractivity contribution in [2.24, 2.45) is 0 Å². The SMILES string of the molecule is CC(=O)O[C@@H]1[C@H](OC(C)=O)[C@H](C)O[C@@H](C#N)[C@H]1OC(C)=O. The zero-order valence-electron chi connectivity index (χ0n) is 12.2. The lowest BCUT2D eigenvalue weighted by Gasteiger charge is -2.41. The Morgan fingerprint density at radius 2 is 1.33 bits per heavy atom. The Bertz CT molecular complexity index is 470. The van der Waals surface area contributed by atoms with Crippen LogP contribution in [0.5, 0.6) is 0 Å². The maximum Gasteiger partial charge on any atom is 0.303 e. The molecule has 0 bridgehead atoms. The lowest BCUT2D eigenvalue weighted by Crippen LogP contribution is -2.60. The smallest absolute Gasteiger partial charge is 0.303 e. The quantitative estimate of drug-likeness (QED) is 0.532. The molecule has 0 radical (unpaired) electrons. The first kappa shape index (κ1) is 16.9.